The summed E-state index contributed by atoms with van der Waals surface area (Å²) in [5.41, 5.74) is 18.3. The topological polar surface area (TPSA) is 175 Å². The minimum atomic E-state index is -0.372. The number of aromatic nitrogens is 8. The highest BCUT2D eigenvalue weighted by Crippen LogP contribution is 2.25. The third-order valence-corrected chi connectivity index (χ3v) is 8.32. The molecule has 0 aliphatic heterocycles. The van der Waals surface area contributed by atoms with Crippen LogP contribution in [0, 0.1) is 39.3 Å². The average molecular weight is 714 g/mol. The van der Waals surface area contributed by atoms with E-state index in [1.807, 2.05) is 69.3 Å². The second kappa shape index (κ2) is 13.9. The van der Waals surface area contributed by atoms with Crippen LogP contribution in [-0.4, -0.2) is 39.3 Å². The zero-order valence-corrected chi connectivity index (χ0v) is 29.2. The smallest absolute Gasteiger partial charge is 0.383 e. The zero-order valence-electron chi connectivity index (χ0n) is 29.2. The SMILES string of the molecule is Cc1ccc(Nc2nc(-n3c(C)nc4ccc(F)cc43)cc(N)[n+]2O)cc1.Cc1ccc(Nc2nc(N)cc(-n3c(C)nc4ccc(F)cc43)n2)cc1. The van der Waals surface area contributed by atoms with E-state index in [0.717, 1.165) is 27.2 Å². The van der Waals surface area contributed by atoms with Gasteiger partial charge in [0.2, 0.25) is 17.6 Å². The van der Waals surface area contributed by atoms with Gasteiger partial charge >= 0.3 is 5.95 Å². The predicted molar refractivity (Wildman–Crippen MR) is 200 cm³/mol. The number of fused-ring (bicyclic) bond motifs is 2. The van der Waals surface area contributed by atoms with E-state index in [0.29, 0.717) is 57.1 Å². The largest absolute Gasteiger partial charge is 0.390 e. The lowest BCUT2D eigenvalue weighted by atomic mass is 10.2. The van der Waals surface area contributed by atoms with Crippen LogP contribution in [0.2, 0.25) is 0 Å². The number of nitrogens with one attached hydrogen (secondary N) is 2. The highest BCUT2D eigenvalue weighted by atomic mass is 19.1. The Hall–Kier alpha value is -7.16. The standard InChI is InChI=1S/C19H17FN6O.C19H17FN6/c1-11-3-6-14(7-4-11)23-19-24-18(10-17(21)26(19)27)25-12(2)22-15-8-5-13(20)9-16(15)25;1-11-3-6-14(7-4-11)23-19-24-17(21)10-18(25-19)26-12(2)22-15-8-5-13(20)9-16(15)26/h3-10,27H,1-2H3,(H2,21,23,24);3-10H,1-2H3,(H3,21,23,24,25)/p+1. The van der Waals surface area contributed by atoms with Gasteiger partial charge in [0, 0.05) is 23.9 Å². The molecule has 0 spiro atoms. The predicted octanol–water partition coefficient (Wildman–Crippen LogP) is 6.92. The number of hydrogen-bond donors (Lipinski definition) is 5. The summed E-state index contributed by atoms with van der Waals surface area (Å²) in [5.74, 6) is 2.42. The first kappa shape index (κ1) is 34.3. The Morgan fingerprint density at radius 3 is 1.60 bits per heavy atom. The molecule has 15 heteroatoms. The van der Waals surface area contributed by atoms with Gasteiger partial charge in [0.15, 0.2) is 0 Å². The van der Waals surface area contributed by atoms with Crippen LogP contribution in [0.4, 0.5) is 43.7 Å². The molecule has 13 nitrogen and oxygen atoms in total. The van der Waals surface area contributed by atoms with E-state index in [2.05, 4.69) is 35.6 Å². The molecule has 0 saturated carbocycles. The van der Waals surface area contributed by atoms with Crippen molar-refractivity contribution in [2.75, 3.05) is 22.1 Å². The lowest BCUT2D eigenvalue weighted by Crippen LogP contribution is -2.38. The normalized spacial score (nSPS) is 11.1. The monoisotopic (exact) mass is 713 g/mol. The van der Waals surface area contributed by atoms with E-state index in [-0.39, 0.29) is 23.4 Å². The summed E-state index contributed by atoms with van der Waals surface area (Å²) in [6.07, 6.45) is 0. The van der Waals surface area contributed by atoms with Crippen LogP contribution in [-0.2, 0) is 0 Å². The Morgan fingerprint density at radius 2 is 1.08 bits per heavy atom. The maximum absolute atomic E-state index is 13.7. The highest BCUT2D eigenvalue weighted by molar-refractivity contribution is 5.79. The molecule has 4 heterocycles. The number of anilines is 6. The molecule has 0 bridgehead atoms. The molecule has 7 N–H and O–H groups in total. The summed E-state index contributed by atoms with van der Waals surface area (Å²) < 4.78 is 31.7. The Bertz CT molecular complexity index is 2620. The molecule has 0 unspecified atom stereocenters. The van der Waals surface area contributed by atoms with E-state index in [9.17, 15) is 14.0 Å². The van der Waals surface area contributed by atoms with Crippen molar-refractivity contribution >= 4 is 57.0 Å². The second-order valence-corrected chi connectivity index (χ2v) is 12.4. The minimum absolute atomic E-state index is 0.0762. The number of rotatable bonds is 6. The van der Waals surface area contributed by atoms with Crippen LogP contribution in [0.15, 0.2) is 97.1 Å². The summed E-state index contributed by atoms with van der Waals surface area (Å²) >= 11 is 0. The van der Waals surface area contributed by atoms with Crippen molar-refractivity contribution < 1.29 is 18.7 Å². The summed E-state index contributed by atoms with van der Waals surface area (Å²) in [7, 11) is 0. The van der Waals surface area contributed by atoms with Crippen molar-refractivity contribution in [1.29, 1.82) is 0 Å². The Morgan fingerprint density at radius 1 is 0.585 bits per heavy atom. The highest BCUT2D eigenvalue weighted by Gasteiger charge is 2.21. The van der Waals surface area contributed by atoms with Crippen LogP contribution >= 0.6 is 0 Å². The number of halogens is 2. The van der Waals surface area contributed by atoms with Crippen molar-refractivity contribution in [2.24, 2.45) is 0 Å². The fraction of sp³-hybridized carbons (Fsp3) is 0.105. The maximum atomic E-state index is 13.7. The molecule has 0 fully saturated rings. The molecule has 0 atom stereocenters. The van der Waals surface area contributed by atoms with Crippen molar-refractivity contribution in [3.63, 3.8) is 0 Å². The fourth-order valence-corrected chi connectivity index (χ4v) is 5.77. The third kappa shape index (κ3) is 7.21. The fourth-order valence-electron chi connectivity index (χ4n) is 5.77. The number of nitrogen functional groups attached to an aromatic ring is 2. The van der Waals surface area contributed by atoms with E-state index >= 15 is 0 Å². The molecule has 4 aromatic heterocycles. The van der Waals surface area contributed by atoms with Gasteiger partial charge in [-0.1, -0.05) is 40.4 Å². The maximum Gasteiger partial charge on any atom is 0.390 e. The minimum Gasteiger partial charge on any atom is -0.383 e. The van der Waals surface area contributed by atoms with Crippen LogP contribution in [0.5, 0.6) is 0 Å². The first-order valence-corrected chi connectivity index (χ1v) is 16.5. The van der Waals surface area contributed by atoms with Gasteiger partial charge in [-0.15, -0.1) is 0 Å². The third-order valence-electron chi connectivity index (χ3n) is 8.32. The van der Waals surface area contributed by atoms with Gasteiger partial charge in [-0.3, -0.25) is 14.5 Å². The second-order valence-electron chi connectivity index (χ2n) is 12.4. The van der Waals surface area contributed by atoms with Crippen LogP contribution < -0.4 is 26.8 Å². The van der Waals surface area contributed by atoms with Gasteiger partial charge in [0.05, 0.1) is 33.8 Å². The van der Waals surface area contributed by atoms with Gasteiger partial charge in [-0.25, -0.2) is 18.7 Å². The molecule has 4 aromatic carbocycles. The number of benzene rings is 4. The van der Waals surface area contributed by atoms with Crippen molar-refractivity contribution in [3.05, 3.63) is 131 Å². The molecule has 8 aromatic rings. The number of imidazole rings is 2. The summed E-state index contributed by atoms with van der Waals surface area (Å²) in [6.45, 7) is 7.63. The molecule has 0 amide bonds. The molecule has 53 heavy (non-hydrogen) atoms. The van der Waals surface area contributed by atoms with Crippen LogP contribution in [0.1, 0.15) is 22.8 Å². The van der Waals surface area contributed by atoms with Gasteiger partial charge in [0.1, 0.15) is 34.9 Å². The summed E-state index contributed by atoms with van der Waals surface area (Å²) in [4.78, 5) is 22.1. The van der Waals surface area contributed by atoms with E-state index < -0.39 is 0 Å². The lowest BCUT2D eigenvalue weighted by Gasteiger charge is -2.10. The Labute approximate surface area is 302 Å². The molecule has 266 valence electrons. The van der Waals surface area contributed by atoms with Gasteiger partial charge in [-0.05, 0) is 81.0 Å². The Balaban J connectivity index is 0.000000164. The number of aryl methyl sites for hydroxylation is 4. The number of nitrogens with two attached hydrogens (primary N) is 2. The summed E-state index contributed by atoms with van der Waals surface area (Å²) in [6, 6.07) is 27.4. The molecule has 0 aliphatic rings. The molecule has 0 aliphatic carbocycles. The average Bonchev–Trinajstić information content (AvgIpc) is 3.62. The number of hydrogen-bond acceptors (Lipinski definition) is 10. The number of nitrogens with zero attached hydrogens (tertiary/aromatic N) is 8. The summed E-state index contributed by atoms with van der Waals surface area (Å²) in [5, 5.41) is 16.4. The molecular weight excluding hydrogens is 678 g/mol. The lowest BCUT2D eigenvalue weighted by molar-refractivity contribution is -0.883. The van der Waals surface area contributed by atoms with E-state index in [1.54, 1.807) is 34.3 Å². The zero-order chi connectivity index (χ0) is 37.4. The first-order valence-electron chi connectivity index (χ1n) is 16.5. The first-order chi connectivity index (χ1) is 25.4. The van der Waals surface area contributed by atoms with Gasteiger partial charge in [-0.2, -0.15) is 9.97 Å². The van der Waals surface area contributed by atoms with Crippen molar-refractivity contribution in [3.8, 4) is 11.6 Å². The van der Waals surface area contributed by atoms with Crippen LogP contribution in [0.3, 0.4) is 0 Å². The molecule has 8 rings (SSSR count). The van der Waals surface area contributed by atoms with E-state index in [4.69, 9.17) is 11.5 Å². The van der Waals surface area contributed by atoms with Crippen molar-refractivity contribution in [2.45, 2.75) is 27.7 Å². The quantitative estimate of drug-likeness (QED) is 0.0898. The van der Waals surface area contributed by atoms with Gasteiger partial charge < -0.3 is 22.0 Å². The molecular formula is C38H35F2N12O+. The van der Waals surface area contributed by atoms with Crippen molar-refractivity contribution in [1.82, 2.24) is 34.1 Å². The molecule has 0 radical (unpaired) electrons. The Kier molecular flexibility index (Phi) is 8.97. The van der Waals surface area contributed by atoms with E-state index in [1.165, 1.54) is 30.3 Å². The van der Waals surface area contributed by atoms with Crippen LogP contribution in [0.25, 0.3) is 33.7 Å². The van der Waals surface area contributed by atoms with Gasteiger partial charge in [0.25, 0.3) is 0 Å². The molecule has 0 saturated heterocycles.